The third kappa shape index (κ3) is 11.2. The molecular formula is C106H80N2O2Si2. The van der Waals surface area contributed by atoms with Crippen LogP contribution in [0, 0.1) is 0 Å². The average Bonchev–Trinajstić information content (AvgIpc) is 0.830. The summed E-state index contributed by atoms with van der Waals surface area (Å²) in [5.41, 5.74) is 16.9. The van der Waals surface area contributed by atoms with Crippen molar-refractivity contribution in [1.82, 2.24) is 0 Å². The number of nitrogens with zero attached hydrogens (tertiary/aromatic N) is 2. The molecule has 0 fully saturated rings. The van der Waals surface area contributed by atoms with Gasteiger partial charge in [-0.3, -0.25) is 0 Å². The van der Waals surface area contributed by atoms with Crippen LogP contribution in [0.1, 0.15) is 50.7 Å². The van der Waals surface area contributed by atoms with E-state index in [1.165, 1.54) is 84.9 Å². The van der Waals surface area contributed by atoms with E-state index in [0.29, 0.717) is 0 Å². The molecule has 0 aliphatic carbocycles. The molecule has 0 aliphatic heterocycles. The Morgan fingerprint density at radius 3 is 0.750 bits per heavy atom. The highest BCUT2D eigenvalue weighted by Gasteiger charge is 2.43. The smallest absolute Gasteiger partial charge is 0.179 e. The van der Waals surface area contributed by atoms with Crippen LogP contribution < -0.4 is 51.3 Å². The minimum atomic E-state index is -2.74. The number of para-hydroxylation sites is 2. The Balaban J connectivity index is 0.748. The molecule has 4 nitrogen and oxygen atoms in total. The summed E-state index contributed by atoms with van der Waals surface area (Å²) in [6, 6.07) is 149. The third-order valence-corrected chi connectivity index (χ3v) is 33.3. The summed E-state index contributed by atoms with van der Waals surface area (Å²) in [5, 5.41) is 22.5. The molecule has 534 valence electrons. The van der Waals surface area contributed by atoms with E-state index in [1.54, 1.807) is 0 Å². The Hall–Kier alpha value is -13.4. The van der Waals surface area contributed by atoms with Crippen LogP contribution in [0.5, 0.6) is 0 Å². The molecule has 20 rings (SSSR count). The van der Waals surface area contributed by atoms with Crippen molar-refractivity contribution >= 4 is 168 Å². The summed E-state index contributed by atoms with van der Waals surface area (Å²) >= 11 is 0. The largest absolute Gasteiger partial charge is 0.456 e. The Bertz CT molecular complexity index is 6220. The lowest BCUT2D eigenvalue weighted by atomic mass is 9.84. The van der Waals surface area contributed by atoms with E-state index in [9.17, 15) is 0 Å². The van der Waals surface area contributed by atoms with E-state index in [-0.39, 0.29) is 11.8 Å². The van der Waals surface area contributed by atoms with Gasteiger partial charge in [0.2, 0.25) is 0 Å². The number of hydrogen-bond donors (Lipinski definition) is 0. The molecule has 0 amide bonds. The van der Waals surface area contributed by atoms with Crippen LogP contribution in [-0.2, 0) is 0 Å². The van der Waals surface area contributed by atoms with Crippen molar-refractivity contribution in [2.24, 2.45) is 0 Å². The van der Waals surface area contributed by atoms with Gasteiger partial charge in [0.25, 0.3) is 0 Å². The fourth-order valence-corrected chi connectivity index (χ4v) is 27.9. The van der Waals surface area contributed by atoms with E-state index in [4.69, 9.17) is 8.83 Å². The predicted octanol–water partition coefficient (Wildman–Crippen LogP) is 23.7. The summed E-state index contributed by atoms with van der Waals surface area (Å²) < 4.78 is 13.6. The molecule has 2 aromatic heterocycles. The molecule has 18 aromatic carbocycles. The van der Waals surface area contributed by atoms with Crippen molar-refractivity contribution < 1.29 is 8.83 Å². The maximum atomic E-state index is 6.79. The Morgan fingerprint density at radius 1 is 0.205 bits per heavy atom. The van der Waals surface area contributed by atoms with Crippen LogP contribution in [-0.4, -0.2) is 16.1 Å². The Labute approximate surface area is 655 Å². The van der Waals surface area contributed by atoms with Crippen LogP contribution in [0.4, 0.5) is 34.1 Å². The van der Waals surface area contributed by atoms with Crippen LogP contribution >= 0.6 is 0 Å². The Morgan fingerprint density at radius 2 is 0.446 bits per heavy atom. The van der Waals surface area contributed by atoms with Crippen LogP contribution in [0.2, 0.25) is 0 Å². The quantitative estimate of drug-likeness (QED) is 0.0487. The molecule has 0 spiro atoms. The van der Waals surface area contributed by atoms with E-state index < -0.39 is 16.1 Å². The van der Waals surface area contributed by atoms with Crippen molar-refractivity contribution in [3.05, 3.63) is 412 Å². The highest BCUT2D eigenvalue weighted by molar-refractivity contribution is 7.20. The van der Waals surface area contributed by atoms with Crippen molar-refractivity contribution in [1.29, 1.82) is 0 Å². The number of rotatable bonds is 18. The van der Waals surface area contributed by atoms with Gasteiger partial charge in [0.1, 0.15) is 22.3 Å². The molecule has 20 aromatic rings. The maximum Gasteiger partial charge on any atom is 0.179 e. The van der Waals surface area contributed by atoms with E-state index in [1.807, 2.05) is 0 Å². The molecule has 0 saturated carbocycles. The van der Waals surface area contributed by atoms with E-state index in [0.717, 1.165) is 100 Å². The summed E-state index contributed by atoms with van der Waals surface area (Å²) in [6.07, 6.45) is 0. The van der Waals surface area contributed by atoms with Gasteiger partial charge in [-0.1, -0.05) is 343 Å². The number of fused-ring (bicyclic) bond motifs is 6. The predicted molar refractivity (Wildman–Crippen MR) is 480 cm³/mol. The number of furan rings is 2. The molecule has 112 heavy (non-hydrogen) atoms. The van der Waals surface area contributed by atoms with Gasteiger partial charge in [-0.25, -0.2) is 0 Å². The first-order valence-corrected chi connectivity index (χ1v) is 43.2. The molecule has 0 unspecified atom stereocenters. The monoisotopic (exact) mass is 1470 g/mol. The maximum absolute atomic E-state index is 6.79. The van der Waals surface area contributed by atoms with Crippen molar-refractivity contribution in [2.45, 2.75) is 39.5 Å². The zero-order valence-corrected chi connectivity index (χ0v) is 65.0. The lowest BCUT2D eigenvalue weighted by Gasteiger charge is -2.34. The molecular weight excluding hydrogens is 1390 g/mol. The SMILES string of the molecule is CC(C)c1cc(N(c2ccc(-c3ccc([Si](c4ccccc4)(c4ccccc4)c4ccccc4)cc3)cc2)c2ccc3c(c2)oc2ccccc23)c2ccc3c(C(C)C)cc(N(c4ccc(-c5ccc([Si](c6ccccc6)(c6ccccc6)c6ccccc6)cc5)cc4)c4ccc5c(c4)oc4ccccc45)c4ccc1c2c34. The first-order valence-electron chi connectivity index (χ1n) is 39.2. The Kier molecular flexibility index (Phi) is 17.0. The molecule has 0 bridgehead atoms. The first kappa shape index (κ1) is 67.9. The second-order valence-electron chi connectivity index (χ2n) is 30.5. The van der Waals surface area contributed by atoms with Crippen LogP contribution in [0.3, 0.4) is 0 Å². The average molecular weight is 1470 g/mol. The molecule has 6 heteroatoms. The second kappa shape index (κ2) is 27.9. The highest BCUT2D eigenvalue weighted by Crippen LogP contribution is 2.52. The van der Waals surface area contributed by atoms with Crippen molar-refractivity contribution in [3.63, 3.8) is 0 Å². The van der Waals surface area contributed by atoms with Crippen molar-refractivity contribution in [2.75, 3.05) is 9.80 Å². The van der Waals surface area contributed by atoms with Gasteiger partial charge >= 0.3 is 0 Å². The fourth-order valence-electron chi connectivity index (χ4n) is 18.5. The van der Waals surface area contributed by atoms with Gasteiger partial charge in [0.05, 0.1) is 11.4 Å². The van der Waals surface area contributed by atoms with Gasteiger partial charge in [0.15, 0.2) is 16.1 Å². The standard InChI is InChI=1S/C106H80N2O2Si2/c1-71(2)97-69-99(107(79-55-61-91-89-39-23-25-41-101(89)109-103(91)67-79)77-51-43-73(44-52-77)75-47-57-87(58-48-75)111(81-27-11-5-12-28-81,82-29-13-6-14-30-82)83-31-15-7-16-32-83)95-66-64-94-98(72(3)4)70-100(96-65-63-93(97)105(95)106(94)96)108(80-56-62-92-90-40-24-26-42-102(90)110-104(92)68-80)78-53-45-74(46-54-78)76-49-59-88(60-50-76)112(84-33-17-8-18-34-84,85-35-19-9-20-36-85)86-37-21-10-22-38-86/h5-72H,1-4H3. The number of anilines is 6. The van der Waals surface area contributed by atoms with E-state index in [2.05, 4.69) is 438 Å². The normalized spacial score (nSPS) is 12.1. The zero-order valence-electron chi connectivity index (χ0n) is 63.0. The summed E-state index contributed by atoms with van der Waals surface area (Å²) in [7, 11) is -5.48. The number of hydrogen-bond acceptors (Lipinski definition) is 4. The molecule has 0 radical (unpaired) electrons. The minimum absolute atomic E-state index is 0.174. The van der Waals surface area contributed by atoms with E-state index >= 15 is 0 Å². The summed E-state index contributed by atoms with van der Waals surface area (Å²) in [6.45, 7) is 9.39. The lowest BCUT2D eigenvalue weighted by Crippen LogP contribution is -2.74. The third-order valence-electron chi connectivity index (χ3n) is 23.7. The summed E-state index contributed by atoms with van der Waals surface area (Å²) in [5.74, 6) is 0.348. The van der Waals surface area contributed by atoms with Gasteiger partial charge in [-0.05, 0) is 181 Å². The molecule has 0 N–H and O–H groups in total. The van der Waals surface area contributed by atoms with Gasteiger partial charge in [-0.15, -0.1) is 0 Å². The first-order chi connectivity index (χ1) is 55.2. The molecule has 0 atom stereocenters. The summed E-state index contributed by atoms with van der Waals surface area (Å²) in [4.78, 5) is 4.97. The molecule has 0 aliphatic rings. The topological polar surface area (TPSA) is 32.8 Å². The van der Waals surface area contributed by atoms with Crippen LogP contribution in [0.25, 0.3) is 98.4 Å². The van der Waals surface area contributed by atoms with Gasteiger partial charge in [-0.2, -0.15) is 0 Å². The van der Waals surface area contributed by atoms with Crippen molar-refractivity contribution in [3.8, 4) is 22.3 Å². The second-order valence-corrected chi connectivity index (χ2v) is 38.1. The zero-order chi connectivity index (χ0) is 75.0. The highest BCUT2D eigenvalue weighted by atomic mass is 28.3. The minimum Gasteiger partial charge on any atom is -0.456 e. The molecule has 0 saturated heterocycles. The molecule has 2 heterocycles. The fraction of sp³-hybridized carbons (Fsp3) is 0.0566. The number of benzene rings is 18. The van der Waals surface area contributed by atoms with Gasteiger partial charge in [0, 0.05) is 67.2 Å². The van der Waals surface area contributed by atoms with Crippen LogP contribution in [0.15, 0.2) is 409 Å². The lowest BCUT2D eigenvalue weighted by molar-refractivity contribution is 0.668. The van der Waals surface area contributed by atoms with Gasteiger partial charge < -0.3 is 18.6 Å².